The van der Waals surface area contributed by atoms with Gasteiger partial charge in [-0.2, -0.15) is 11.8 Å². The second-order valence-corrected chi connectivity index (χ2v) is 5.99. The highest BCUT2D eigenvalue weighted by atomic mass is 32.2. The maximum atomic E-state index is 13.4. The number of benzene rings is 1. The van der Waals surface area contributed by atoms with Crippen LogP contribution in [0.25, 0.3) is 0 Å². The number of carbonyl (C=O) groups is 1. The van der Waals surface area contributed by atoms with Crippen molar-refractivity contribution in [3.05, 3.63) is 35.5 Å². The molecule has 0 bridgehead atoms. The highest BCUT2D eigenvalue weighted by Gasteiger charge is 2.10. The summed E-state index contributed by atoms with van der Waals surface area (Å²) in [6.45, 7) is 1.67. The van der Waals surface area contributed by atoms with E-state index in [1.54, 1.807) is 30.8 Å². The highest BCUT2D eigenvalue weighted by Crippen LogP contribution is 2.19. The van der Waals surface area contributed by atoms with Crippen LogP contribution in [0.15, 0.2) is 27.8 Å². The van der Waals surface area contributed by atoms with Crippen LogP contribution in [-0.2, 0) is 10.5 Å². The number of aromatic nitrogens is 2. The van der Waals surface area contributed by atoms with E-state index in [1.165, 1.54) is 6.07 Å². The summed E-state index contributed by atoms with van der Waals surface area (Å²) < 4.78 is 18.7. The molecule has 0 fully saturated rings. The van der Waals surface area contributed by atoms with Crippen molar-refractivity contribution in [1.29, 1.82) is 0 Å². The molecule has 2 rings (SSSR count). The van der Waals surface area contributed by atoms with Gasteiger partial charge in [-0.05, 0) is 30.9 Å². The molecule has 112 valence electrons. The van der Waals surface area contributed by atoms with Crippen LogP contribution >= 0.6 is 23.5 Å². The zero-order valence-corrected chi connectivity index (χ0v) is 13.2. The number of hydrogen-bond donors (Lipinski definition) is 1. The molecule has 0 unspecified atom stereocenters. The number of aryl methyl sites for hydroxylation is 1. The Bertz CT molecular complexity index is 634. The second kappa shape index (κ2) is 7.46. The van der Waals surface area contributed by atoms with E-state index >= 15 is 0 Å². The van der Waals surface area contributed by atoms with E-state index in [9.17, 15) is 9.18 Å². The molecule has 0 saturated carbocycles. The lowest BCUT2D eigenvalue weighted by atomic mass is 10.2. The Morgan fingerprint density at radius 1 is 1.43 bits per heavy atom. The smallest absolute Gasteiger partial charge is 0.277 e. The Hall–Kier alpha value is -1.54. The van der Waals surface area contributed by atoms with Crippen LogP contribution in [0.3, 0.4) is 0 Å². The molecule has 1 N–H and O–H groups in total. The number of anilines is 1. The summed E-state index contributed by atoms with van der Waals surface area (Å²) in [7, 11) is 0. The fraction of sp³-hybridized carbons (Fsp3) is 0.308. The lowest BCUT2D eigenvalue weighted by Gasteiger charge is -2.05. The van der Waals surface area contributed by atoms with Crippen LogP contribution in [0.2, 0.25) is 0 Å². The molecule has 0 aliphatic carbocycles. The van der Waals surface area contributed by atoms with E-state index in [-0.39, 0.29) is 17.5 Å². The molecule has 5 nitrogen and oxygen atoms in total. The van der Waals surface area contributed by atoms with Gasteiger partial charge in [-0.1, -0.05) is 17.8 Å². The van der Waals surface area contributed by atoms with Crippen molar-refractivity contribution < 1.29 is 13.6 Å². The molecule has 1 amide bonds. The van der Waals surface area contributed by atoms with Gasteiger partial charge in [0.1, 0.15) is 5.82 Å². The lowest BCUT2D eigenvalue weighted by molar-refractivity contribution is -0.113. The summed E-state index contributed by atoms with van der Waals surface area (Å²) in [5, 5.41) is 10.7. The molecule has 0 aliphatic rings. The predicted molar refractivity (Wildman–Crippen MR) is 82.0 cm³/mol. The van der Waals surface area contributed by atoms with E-state index in [2.05, 4.69) is 15.5 Å². The number of hydrogen-bond acceptors (Lipinski definition) is 6. The summed E-state index contributed by atoms with van der Waals surface area (Å²) in [6, 6.07) is 4.57. The minimum atomic E-state index is -0.348. The Balaban J connectivity index is 1.85. The van der Waals surface area contributed by atoms with Crippen LogP contribution in [0.4, 0.5) is 10.1 Å². The van der Waals surface area contributed by atoms with E-state index in [4.69, 9.17) is 4.42 Å². The zero-order chi connectivity index (χ0) is 15.2. The van der Waals surface area contributed by atoms with Gasteiger partial charge in [0.2, 0.25) is 11.8 Å². The van der Waals surface area contributed by atoms with Crippen LogP contribution in [0, 0.1) is 12.7 Å². The largest absolute Gasteiger partial charge is 0.415 e. The number of amides is 1. The van der Waals surface area contributed by atoms with Gasteiger partial charge in [-0.25, -0.2) is 4.39 Å². The first-order chi connectivity index (χ1) is 10.1. The van der Waals surface area contributed by atoms with Crippen molar-refractivity contribution in [2.75, 3.05) is 17.3 Å². The average Bonchev–Trinajstić information content (AvgIpc) is 2.89. The number of halogens is 1. The SMILES string of the molecule is CSCc1nnc(SCC(=O)Nc2ccc(C)c(F)c2)o1. The third-order valence-corrected chi connectivity index (χ3v) is 3.85. The van der Waals surface area contributed by atoms with Gasteiger partial charge in [-0.15, -0.1) is 10.2 Å². The van der Waals surface area contributed by atoms with Crippen molar-refractivity contribution in [3.63, 3.8) is 0 Å². The Kier molecular flexibility index (Phi) is 5.63. The first-order valence-corrected chi connectivity index (χ1v) is 8.46. The Morgan fingerprint density at radius 3 is 2.95 bits per heavy atom. The van der Waals surface area contributed by atoms with Gasteiger partial charge in [0.05, 0.1) is 11.5 Å². The molecule has 2 aromatic rings. The number of thioether (sulfide) groups is 2. The monoisotopic (exact) mass is 327 g/mol. The molecule has 1 heterocycles. The summed E-state index contributed by atoms with van der Waals surface area (Å²) in [6.07, 6.45) is 1.94. The quantitative estimate of drug-likeness (QED) is 0.822. The van der Waals surface area contributed by atoms with Gasteiger partial charge in [0.25, 0.3) is 5.22 Å². The van der Waals surface area contributed by atoms with Crippen LogP contribution in [-0.4, -0.2) is 28.1 Å². The van der Waals surface area contributed by atoms with Gasteiger partial charge >= 0.3 is 0 Å². The Morgan fingerprint density at radius 2 is 2.24 bits per heavy atom. The van der Waals surface area contributed by atoms with Gasteiger partial charge in [0, 0.05) is 5.69 Å². The molecule has 0 spiro atoms. The summed E-state index contributed by atoms with van der Waals surface area (Å²) in [5.41, 5.74) is 0.965. The van der Waals surface area contributed by atoms with Crippen LogP contribution in [0.5, 0.6) is 0 Å². The highest BCUT2D eigenvalue weighted by molar-refractivity contribution is 7.99. The van der Waals surface area contributed by atoms with E-state index in [0.29, 0.717) is 28.1 Å². The molecule has 0 atom stereocenters. The molecule has 1 aromatic carbocycles. The predicted octanol–water partition coefficient (Wildman–Crippen LogP) is 3.11. The molecular weight excluding hydrogens is 313 g/mol. The molecular formula is C13H14FN3O2S2. The third-order valence-electron chi connectivity index (χ3n) is 2.50. The van der Waals surface area contributed by atoms with Crippen molar-refractivity contribution in [3.8, 4) is 0 Å². The first-order valence-electron chi connectivity index (χ1n) is 6.08. The lowest BCUT2D eigenvalue weighted by Crippen LogP contribution is -2.14. The third kappa shape index (κ3) is 4.75. The topological polar surface area (TPSA) is 68.0 Å². The number of carbonyl (C=O) groups excluding carboxylic acids is 1. The van der Waals surface area contributed by atoms with E-state index in [1.807, 2.05) is 6.26 Å². The maximum absolute atomic E-state index is 13.4. The van der Waals surface area contributed by atoms with Gasteiger partial charge in [0.15, 0.2) is 0 Å². The van der Waals surface area contributed by atoms with E-state index < -0.39 is 0 Å². The fourth-order valence-electron chi connectivity index (χ4n) is 1.47. The van der Waals surface area contributed by atoms with Crippen LogP contribution < -0.4 is 5.32 Å². The Labute approximate surface area is 130 Å². The normalized spacial score (nSPS) is 10.6. The minimum Gasteiger partial charge on any atom is -0.415 e. The van der Waals surface area contributed by atoms with Crippen LogP contribution in [0.1, 0.15) is 11.5 Å². The van der Waals surface area contributed by atoms with E-state index in [0.717, 1.165) is 11.8 Å². The van der Waals surface area contributed by atoms with Crippen molar-refractivity contribution >= 4 is 35.1 Å². The molecule has 1 aromatic heterocycles. The second-order valence-electron chi connectivity index (χ2n) is 4.20. The standard InChI is InChI=1S/C13H14FN3O2S2/c1-8-3-4-9(5-10(8)14)15-11(18)6-21-13-17-16-12(19-13)7-20-2/h3-5H,6-7H2,1-2H3,(H,15,18). The molecule has 0 aliphatic heterocycles. The summed E-state index contributed by atoms with van der Waals surface area (Å²) in [4.78, 5) is 11.8. The van der Waals surface area contributed by atoms with Gasteiger partial charge in [-0.3, -0.25) is 4.79 Å². The van der Waals surface area contributed by atoms with Gasteiger partial charge < -0.3 is 9.73 Å². The molecule has 0 radical (unpaired) electrons. The molecule has 0 saturated heterocycles. The number of rotatable bonds is 6. The minimum absolute atomic E-state index is 0.121. The molecule has 8 heteroatoms. The van der Waals surface area contributed by atoms with Crippen molar-refractivity contribution in [1.82, 2.24) is 10.2 Å². The zero-order valence-electron chi connectivity index (χ0n) is 11.6. The van der Waals surface area contributed by atoms with Crippen molar-refractivity contribution in [2.45, 2.75) is 17.9 Å². The number of nitrogens with one attached hydrogen (secondary N) is 1. The summed E-state index contributed by atoms with van der Waals surface area (Å²) in [5.74, 6) is 0.691. The molecule has 21 heavy (non-hydrogen) atoms. The first kappa shape index (κ1) is 15.8. The maximum Gasteiger partial charge on any atom is 0.277 e. The summed E-state index contributed by atoms with van der Waals surface area (Å²) >= 11 is 2.72. The van der Waals surface area contributed by atoms with Crippen molar-refractivity contribution in [2.24, 2.45) is 0 Å². The fourth-order valence-corrected chi connectivity index (χ4v) is 2.42. The average molecular weight is 327 g/mol. The number of nitrogens with zero attached hydrogens (tertiary/aromatic N) is 2.